The summed E-state index contributed by atoms with van der Waals surface area (Å²) in [6.45, 7) is 0. The lowest BCUT2D eigenvalue weighted by Gasteiger charge is -2.40. The van der Waals surface area contributed by atoms with Gasteiger partial charge in [0, 0.05) is 22.1 Å². The first-order chi connectivity index (χ1) is 8.69. The SMILES string of the molecule is Clc1cc(Cl)cc(O[C@@H]2C[C@H]3CCC[C@@H](C2)N3)c1. The summed E-state index contributed by atoms with van der Waals surface area (Å²) >= 11 is 12.0. The van der Waals surface area contributed by atoms with Crippen molar-refractivity contribution in [1.82, 2.24) is 5.32 Å². The maximum atomic E-state index is 6.04. The number of rotatable bonds is 2. The molecule has 0 saturated carbocycles. The number of ether oxygens (including phenoxy) is 1. The van der Waals surface area contributed by atoms with Crippen LogP contribution in [0.1, 0.15) is 32.1 Å². The average Bonchev–Trinajstić information content (AvgIpc) is 2.26. The lowest BCUT2D eigenvalue weighted by Crippen LogP contribution is -2.51. The summed E-state index contributed by atoms with van der Waals surface area (Å²) in [5.74, 6) is 0.789. The van der Waals surface area contributed by atoms with E-state index in [2.05, 4.69) is 5.32 Å². The number of nitrogens with one attached hydrogen (secondary N) is 1. The molecular formula is C14H17Cl2NO. The third-order valence-corrected chi connectivity index (χ3v) is 4.25. The molecule has 0 aliphatic carbocycles. The summed E-state index contributed by atoms with van der Waals surface area (Å²) in [5, 5.41) is 4.92. The fraction of sp³-hybridized carbons (Fsp3) is 0.571. The minimum Gasteiger partial charge on any atom is -0.490 e. The minimum atomic E-state index is 0.288. The summed E-state index contributed by atoms with van der Waals surface area (Å²) in [7, 11) is 0. The van der Waals surface area contributed by atoms with Crippen molar-refractivity contribution in [3.63, 3.8) is 0 Å². The molecule has 1 aromatic rings. The highest BCUT2D eigenvalue weighted by Gasteiger charge is 2.32. The number of benzene rings is 1. The quantitative estimate of drug-likeness (QED) is 0.885. The molecule has 2 saturated heterocycles. The van der Waals surface area contributed by atoms with E-state index in [4.69, 9.17) is 27.9 Å². The largest absolute Gasteiger partial charge is 0.490 e. The summed E-state index contributed by atoms with van der Waals surface area (Å²) in [6.07, 6.45) is 6.34. The highest BCUT2D eigenvalue weighted by Crippen LogP contribution is 2.30. The van der Waals surface area contributed by atoms with Crippen LogP contribution in [0.4, 0.5) is 0 Å². The molecule has 0 unspecified atom stereocenters. The van der Waals surface area contributed by atoms with Crippen molar-refractivity contribution in [1.29, 1.82) is 0 Å². The van der Waals surface area contributed by atoms with E-state index in [1.165, 1.54) is 19.3 Å². The summed E-state index contributed by atoms with van der Waals surface area (Å²) < 4.78 is 6.04. The lowest BCUT2D eigenvalue weighted by molar-refractivity contribution is 0.0927. The van der Waals surface area contributed by atoms with Gasteiger partial charge >= 0.3 is 0 Å². The second-order valence-electron chi connectivity index (χ2n) is 5.31. The highest BCUT2D eigenvalue weighted by atomic mass is 35.5. The number of piperidine rings is 2. The normalized spacial score (nSPS) is 31.1. The Kier molecular flexibility index (Phi) is 3.69. The predicted octanol–water partition coefficient (Wildman–Crippen LogP) is 4.05. The van der Waals surface area contributed by atoms with Crippen LogP contribution in [0, 0.1) is 0 Å². The van der Waals surface area contributed by atoms with Crippen LogP contribution in [0.5, 0.6) is 5.75 Å². The topological polar surface area (TPSA) is 21.3 Å². The lowest BCUT2D eigenvalue weighted by atomic mass is 9.85. The molecule has 18 heavy (non-hydrogen) atoms. The third kappa shape index (κ3) is 2.93. The zero-order valence-electron chi connectivity index (χ0n) is 10.2. The van der Waals surface area contributed by atoms with Gasteiger partial charge in [-0.3, -0.25) is 0 Å². The van der Waals surface area contributed by atoms with Crippen molar-refractivity contribution >= 4 is 23.2 Å². The van der Waals surface area contributed by atoms with Crippen molar-refractivity contribution in [3.05, 3.63) is 28.2 Å². The third-order valence-electron chi connectivity index (χ3n) is 3.81. The minimum absolute atomic E-state index is 0.288. The second kappa shape index (κ2) is 5.28. The number of halogens is 2. The molecule has 0 spiro atoms. The molecule has 3 rings (SSSR count). The maximum absolute atomic E-state index is 6.04. The molecule has 2 aliphatic heterocycles. The van der Waals surface area contributed by atoms with Gasteiger partial charge in [0.1, 0.15) is 11.9 Å². The zero-order chi connectivity index (χ0) is 12.5. The van der Waals surface area contributed by atoms with Crippen LogP contribution in [-0.4, -0.2) is 18.2 Å². The molecule has 2 nitrogen and oxygen atoms in total. The molecular weight excluding hydrogens is 269 g/mol. The van der Waals surface area contributed by atoms with Crippen molar-refractivity contribution in [2.24, 2.45) is 0 Å². The Labute approximate surface area is 118 Å². The van der Waals surface area contributed by atoms with Crippen LogP contribution in [0.15, 0.2) is 18.2 Å². The molecule has 4 heteroatoms. The van der Waals surface area contributed by atoms with Gasteiger partial charge in [-0.1, -0.05) is 29.6 Å². The monoisotopic (exact) mass is 285 g/mol. The van der Waals surface area contributed by atoms with Gasteiger partial charge in [-0.25, -0.2) is 0 Å². The van der Waals surface area contributed by atoms with Crippen LogP contribution in [0.3, 0.4) is 0 Å². The number of hydrogen-bond donors (Lipinski definition) is 1. The van der Waals surface area contributed by atoms with Crippen LogP contribution in [0.25, 0.3) is 0 Å². The Morgan fingerprint density at radius 1 is 1.00 bits per heavy atom. The first-order valence-corrected chi connectivity index (χ1v) is 7.33. The van der Waals surface area contributed by atoms with E-state index in [1.54, 1.807) is 6.07 Å². The Morgan fingerprint density at radius 2 is 1.61 bits per heavy atom. The van der Waals surface area contributed by atoms with Crippen molar-refractivity contribution in [3.8, 4) is 5.75 Å². The molecule has 3 atom stereocenters. The van der Waals surface area contributed by atoms with Crippen molar-refractivity contribution < 1.29 is 4.74 Å². The van der Waals surface area contributed by atoms with E-state index in [1.807, 2.05) is 12.1 Å². The van der Waals surface area contributed by atoms with Gasteiger partial charge in [0.25, 0.3) is 0 Å². The smallest absolute Gasteiger partial charge is 0.122 e. The van der Waals surface area contributed by atoms with Crippen LogP contribution < -0.4 is 10.1 Å². The van der Waals surface area contributed by atoms with Gasteiger partial charge in [0.05, 0.1) is 0 Å². The fourth-order valence-corrected chi connectivity index (χ4v) is 3.60. The Bertz CT molecular complexity index is 406. The fourth-order valence-electron chi connectivity index (χ4n) is 3.10. The van der Waals surface area contributed by atoms with E-state index >= 15 is 0 Å². The van der Waals surface area contributed by atoms with E-state index in [0.717, 1.165) is 18.6 Å². The summed E-state index contributed by atoms with van der Waals surface area (Å²) in [4.78, 5) is 0. The zero-order valence-corrected chi connectivity index (χ0v) is 11.7. The van der Waals surface area contributed by atoms with Crippen molar-refractivity contribution in [2.45, 2.75) is 50.3 Å². The first kappa shape index (κ1) is 12.6. The van der Waals surface area contributed by atoms with E-state index < -0.39 is 0 Å². The van der Waals surface area contributed by atoms with E-state index in [9.17, 15) is 0 Å². The molecule has 2 aliphatic rings. The predicted molar refractivity (Wildman–Crippen MR) is 74.7 cm³/mol. The molecule has 2 bridgehead atoms. The first-order valence-electron chi connectivity index (χ1n) is 6.58. The molecule has 0 radical (unpaired) electrons. The summed E-state index contributed by atoms with van der Waals surface area (Å²) in [5.41, 5.74) is 0. The second-order valence-corrected chi connectivity index (χ2v) is 6.18. The maximum Gasteiger partial charge on any atom is 0.122 e. The van der Waals surface area contributed by atoms with Gasteiger partial charge < -0.3 is 10.1 Å². The van der Waals surface area contributed by atoms with Crippen molar-refractivity contribution in [2.75, 3.05) is 0 Å². The molecule has 2 fully saturated rings. The average molecular weight is 286 g/mol. The standard InChI is InChI=1S/C14H17Cl2NO/c15-9-4-10(16)6-13(5-9)18-14-7-11-2-1-3-12(8-14)17-11/h4-6,11-12,14,17H,1-3,7-8H2/t11-,12+,14-. The summed E-state index contributed by atoms with van der Waals surface area (Å²) in [6, 6.07) is 6.65. The molecule has 0 amide bonds. The Balaban J connectivity index is 1.68. The van der Waals surface area contributed by atoms with Gasteiger partial charge in [-0.05, 0) is 43.9 Å². The van der Waals surface area contributed by atoms with E-state index in [-0.39, 0.29) is 6.10 Å². The van der Waals surface area contributed by atoms with Gasteiger partial charge in [0.15, 0.2) is 0 Å². The van der Waals surface area contributed by atoms with E-state index in [0.29, 0.717) is 22.1 Å². The molecule has 1 aromatic carbocycles. The molecule has 1 N–H and O–H groups in total. The van der Waals surface area contributed by atoms with Gasteiger partial charge in [-0.15, -0.1) is 0 Å². The number of hydrogen-bond acceptors (Lipinski definition) is 2. The number of fused-ring (bicyclic) bond motifs is 2. The highest BCUT2D eigenvalue weighted by molar-refractivity contribution is 6.34. The molecule has 98 valence electrons. The van der Waals surface area contributed by atoms with Gasteiger partial charge in [0.2, 0.25) is 0 Å². The Hall–Kier alpha value is -0.440. The van der Waals surface area contributed by atoms with Crippen LogP contribution in [0.2, 0.25) is 10.0 Å². The molecule has 2 heterocycles. The van der Waals surface area contributed by atoms with Crippen LogP contribution >= 0.6 is 23.2 Å². The van der Waals surface area contributed by atoms with Crippen LogP contribution in [-0.2, 0) is 0 Å². The Morgan fingerprint density at radius 3 is 2.22 bits per heavy atom. The molecule has 0 aromatic heterocycles. The van der Waals surface area contributed by atoms with Gasteiger partial charge in [-0.2, -0.15) is 0 Å².